The molecule has 0 saturated heterocycles. The summed E-state index contributed by atoms with van der Waals surface area (Å²) in [5, 5.41) is 6.92. The van der Waals surface area contributed by atoms with Gasteiger partial charge in [-0.15, -0.1) is 0 Å². The van der Waals surface area contributed by atoms with E-state index in [1.165, 1.54) is 41.3 Å². The predicted octanol–water partition coefficient (Wildman–Crippen LogP) is 3.38. The Labute approximate surface area is 196 Å². The number of anilines is 2. The van der Waals surface area contributed by atoms with Crippen LogP contribution < -0.4 is 14.8 Å². The number of nitrogens with zero attached hydrogens (tertiary/aromatic N) is 4. The van der Waals surface area contributed by atoms with E-state index < -0.39 is 15.9 Å². The maximum absolute atomic E-state index is 12.5. The molecule has 0 spiro atoms. The summed E-state index contributed by atoms with van der Waals surface area (Å²) in [5.41, 5.74) is 2.81. The highest BCUT2D eigenvalue weighted by Gasteiger charge is 2.16. The first-order valence-corrected chi connectivity index (χ1v) is 11.7. The van der Waals surface area contributed by atoms with E-state index in [1.807, 2.05) is 26.0 Å². The molecule has 2 aromatic heterocycles. The molecule has 0 saturated carbocycles. The van der Waals surface area contributed by atoms with E-state index >= 15 is 0 Å². The zero-order valence-electron chi connectivity index (χ0n) is 18.5. The molecule has 0 atom stereocenters. The smallest absolute Gasteiger partial charge is 0.276 e. The van der Waals surface area contributed by atoms with E-state index in [0.717, 1.165) is 16.9 Å². The topological polar surface area (TPSA) is 128 Å². The van der Waals surface area contributed by atoms with Crippen LogP contribution in [0.4, 0.5) is 11.6 Å². The molecule has 0 bridgehead atoms. The summed E-state index contributed by atoms with van der Waals surface area (Å²) in [7, 11) is -3.86. The Hall–Kier alpha value is -4.25. The average Bonchev–Trinajstić information content (AvgIpc) is 3.27. The summed E-state index contributed by atoms with van der Waals surface area (Å²) < 4.78 is 34.5. The van der Waals surface area contributed by atoms with Crippen molar-refractivity contribution in [2.24, 2.45) is 0 Å². The van der Waals surface area contributed by atoms with Gasteiger partial charge in [-0.25, -0.2) is 27.8 Å². The zero-order chi connectivity index (χ0) is 24.1. The Morgan fingerprint density at radius 3 is 2.35 bits per heavy atom. The zero-order valence-corrected chi connectivity index (χ0v) is 19.3. The molecule has 1 amide bonds. The van der Waals surface area contributed by atoms with Crippen LogP contribution in [0, 0.1) is 13.8 Å². The molecule has 34 heavy (non-hydrogen) atoms. The molecule has 4 aromatic rings. The first-order chi connectivity index (χ1) is 16.3. The fraction of sp³-hybridized carbons (Fsp3) is 0.130. The van der Waals surface area contributed by atoms with Gasteiger partial charge in [-0.05, 0) is 73.5 Å². The van der Waals surface area contributed by atoms with Gasteiger partial charge in [0.15, 0.2) is 12.4 Å². The minimum absolute atomic E-state index is 0.00534. The molecule has 2 N–H and O–H groups in total. The number of hydrogen-bond donors (Lipinski definition) is 2. The van der Waals surface area contributed by atoms with E-state index in [-0.39, 0.29) is 23.3 Å². The average molecular weight is 479 g/mol. The highest BCUT2D eigenvalue weighted by Crippen LogP contribution is 2.18. The number of benzene rings is 2. The van der Waals surface area contributed by atoms with Gasteiger partial charge in [-0.1, -0.05) is 6.07 Å². The van der Waals surface area contributed by atoms with Crippen LogP contribution in [0.25, 0.3) is 0 Å². The minimum atomic E-state index is -3.86. The van der Waals surface area contributed by atoms with E-state index in [2.05, 4.69) is 31.2 Å². The van der Waals surface area contributed by atoms with Gasteiger partial charge >= 0.3 is 0 Å². The third kappa shape index (κ3) is 5.75. The second kappa shape index (κ2) is 9.71. The summed E-state index contributed by atoms with van der Waals surface area (Å²) in [6.07, 6.45) is 4.51. The van der Waals surface area contributed by atoms with Gasteiger partial charge in [0, 0.05) is 24.3 Å². The van der Waals surface area contributed by atoms with Crippen molar-refractivity contribution in [1.82, 2.24) is 19.7 Å². The fourth-order valence-electron chi connectivity index (χ4n) is 3.16. The Kier molecular flexibility index (Phi) is 6.55. The number of sulfonamides is 1. The molecule has 0 aliphatic carbocycles. The molecular formula is C23H22N6O4S. The largest absolute Gasteiger partial charge is 0.471 e. The Morgan fingerprint density at radius 2 is 1.68 bits per heavy atom. The molecule has 0 fully saturated rings. The van der Waals surface area contributed by atoms with E-state index in [1.54, 1.807) is 18.3 Å². The lowest BCUT2D eigenvalue weighted by atomic mass is 10.1. The second-order valence-corrected chi connectivity index (χ2v) is 9.18. The van der Waals surface area contributed by atoms with Crippen LogP contribution in [-0.2, 0) is 16.8 Å². The number of aromatic nitrogens is 4. The summed E-state index contributed by atoms with van der Waals surface area (Å²) in [6, 6.07) is 14.8. The summed E-state index contributed by atoms with van der Waals surface area (Å²) in [5.74, 6) is 0.260. The SMILES string of the molecule is Cc1cc(C)cc(OCn2ccc(C(=O)Nc3ccc(S(=O)(=O)Nc4ncccn4)cc3)n2)c1. The number of amides is 1. The third-order valence-corrected chi connectivity index (χ3v) is 5.99. The highest BCUT2D eigenvalue weighted by molar-refractivity contribution is 7.92. The lowest BCUT2D eigenvalue weighted by molar-refractivity contribution is 0.102. The molecule has 2 aromatic carbocycles. The van der Waals surface area contributed by atoms with Crippen molar-refractivity contribution in [1.29, 1.82) is 0 Å². The Balaban J connectivity index is 1.36. The molecule has 0 aliphatic rings. The number of carbonyl (C=O) groups is 1. The molecule has 10 nitrogen and oxygen atoms in total. The van der Waals surface area contributed by atoms with Crippen molar-refractivity contribution >= 4 is 27.6 Å². The van der Waals surface area contributed by atoms with Crippen LogP contribution in [0.2, 0.25) is 0 Å². The van der Waals surface area contributed by atoms with Crippen molar-refractivity contribution in [2.45, 2.75) is 25.5 Å². The summed E-state index contributed by atoms with van der Waals surface area (Å²) in [4.78, 5) is 20.2. The van der Waals surface area contributed by atoms with Crippen LogP contribution in [0.3, 0.4) is 0 Å². The third-order valence-electron chi connectivity index (χ3n) is 4.65. The molecule has 4 rings (SSSR count). The van der Waals surface area contributed by atoms with Crippen molar-refractivity contribution in [3.63, 3.8) is 0 Å². The van der Waals surface area contributed by atoms with Crippen LogP contribution in [0.15, 0.2) is 78.1 Å². The summed E-state index contributed by atoms with van der Waals surface area (Å²) >= 11 is 0. The van der Waals surface area contributed by atoms with Gasteiger partial charge in [0.25, 0.3) is 15.9 Å². The number of carbonyl (C=O) groups excluding carboxylic acids is 1. The van der Waals surface area contributed by atoms with E-state index in [9.17, 15) is 13.2 Å². The lowest BCUT2D eigenvalue weighted by Gasteiger charge is -2.08. The molecule has 0 unspecified atom stereocenters. The van der Waals surface area contributed by atoms with Crippen LogP contribution in [-0.4, -0.2) is 34.1 Å². The van der Waals surface area contributed by atoms with Crippen LogP contribution in [0.5, 0.6) is 5.75 Å². The Bertz CT molecular complexity index is 1380. The first-order valence-electron chi connectivity index (χ1n) is 10.2. The van der Waals surface area contributed by atoms with Crippen molar-refractivity contribution in [2.75, 3.05) is 10.0 Å². The van der Waals surface area contributed by atoms with Crippen LogP contribution >= 0.6 is 0 Å². The van der Waals surface area contributed by atoms with Gasteiger partial charge in [0.1, 0.15) is 5.75 Å². The number of rotatable bonds is 8. The number of aryl methyl sites for hydroxylation is 2. The highest BCUT2D eigenvalue weighted by atomic mass is 32.2. The normalized spacial score (nSPS) is 11.1. The molecule has 2 heterocycles. The predicted molar refractivity (Wildman–Crippen MR) is 126 cm³/mol. The molecule has 174 valence electrons. The van der Waals surface area contributed by atoms with Gasteiger partial charge in [0.05, 0.1) is 4.90 Å². The van der Waals surface area contributed by atoms with Crippen LogP contribution in [0.1, 0.15) is 21.6 Å². The van der Waals surface area contributed by atoms with Gasteiger partial charge in [-0.2, -0.15) is 5.10 Å². The van der Waals surface area contributed by atoms with E-state index in [4.69, 9.17) is 4.74 Å². The minimum Gasteiger partial charge on any atom is -0.471 e. The fourth-order valence-corrected chi connectivity index (χ4v) is 4.11. The van der Waals surface area contributed by atoms with Crippen molar-refractivity contribution in [3.8, 4) is 5.75 Å². The maximum atomic E-state index is 12.5. The van der Waals surface area contributed by atoms with E-state index in [0.29, 0.717) is 5.69 Å². The monoisotopic (exact) mass is 478 g/mol. The van der Waals surface area contributed by atoms with Gasteiger partial charge in [0.2, 0.25) is 5.95 Å². The number of ether oxygens (including phenoxy) is 1. The maximum Gasteiger partial charge on any atom is 0.276 e. The number of nitrogens with one attached hydrogen (secondary N) is 2. The first kappa shape index (κ1) is 22.9. The van der Waals surface area contributed by atoms with Crippen molar-refractivity contribution < 1.29 is 17.9 Å². The number of hydrogen-bond acceptors (Lipinski definition) is 7. The molecule has 0 aliphatic heterocycles. The van der Waals surface area contributed by atoms with Gasteiger partial charge < -0.3 is 10.1 Å². The van der Waals surface area contributed by atoms with Crippen molar-refractivity contribution in [3.05, 3.63) is 90.0 Å². The molecule has 11 heteroatoms. The summed E-state index contributed by atoms with van der Waals surface area (Å²) in [6.45, 7) is 4.14. The Morgan fingerprint density at radius 1 is 1.00 bits per heavy atom. The standard InChI is InChI=1S/C23H22N6O4S/c1-16-12-17(2)14-19(13-16)33-15-29-11-8-21(27-29)22(30)26-18-4-6-20(7-5-18)34(31,32)28-23-24-9-3-10-25-23/h3-14H,15H2,1-2H3,(H,26,30)(H,24,25,28). The lowest BCUT2D eigenvalue weighted by Crippen LogP contribution is -2.16. The quantitative estimate of drug-likeness (QED) is 0.397. The second-order valence-electron chi connectivity index (χ2n) is 7.49. The molecular weight excluding hydrogens is 456 g/mol. The van der Waals surface area contributed by atoms with Gasteiger partial charge in [-0.3, -0.25) is 4.79 Å². The molecule has 0 radical (unpaired) electrons.